The number of amides is 2. The molecule has 4 aliphatic carbocycles. The van der Waals surface area contributed by atoms with E-state index in [4.69, 9.17) is 18.9 Å². The summed E-state index contributed by atoms with van der Waals surface area (Å²) in [5.74, 6) is 3.07. The summed E-state index contributed by atoms with van der Waals surface area (Å²) in [6.45, 7) is 0. The standard InChI is InChI=1S/C28H34N2O6/c1-33-21-7-5-19(10-23(21)35-3)29-25(31)27-12-17-9-18(13-27)15-28(14-17,16-27)26(32)30-20-6-8-22(34-2)24(11-20)36-4/h5-8,10-11,17-18H,9,12-16H2,1-4H3,(H,29,31)(H,30,32). The van der Waals surface area contributed by atoms with E-state index in [1.807, 2.05) is 12.1 Å². The SMILES string of the molecule is COc1ccc(NC(=O)C23CC4CC(C2)CC(C(=O)Nc2ccc(OC)c(OC)c2)(C4)C3)cc1OC. The molecule has 0 heterocycles. The lowest BCUT2D eigenvalue weighted by atomic mass is 9.43. The van der Waals surface area contributed by atoms with Crippen molar-refractivity contribution in [3.8, 4) is 23.0 Å². The third kappa shape index (κ3) is 4.12. The molecule has 4 saturated carbocycles. The van der Waals surface area contributed by atoms with Gasteiger partial charge in [-0.05, 0) is 74.6 Å². The van der Waals surface area contributed by atoms with Gasteiger partial charge in [0, 0.05) is 23.5 Å². The molecule has 4 fully saturated rings. The van der Waals surface area contributed by atoms with Gasteiger partial charge in [-0.1, -0.05) is 0 Å². The van der Waals surface area contributed by atoms with Crippen LogP contribution in [0.5, 0.6) is 23.0 Å². The van der Waals surface area contributed by atoms with Crippen molar-refractivity contribution in [3.05, 3.63) is 36.4 Å². The van der Waals surface area contributed by atoms with Crippen LogP contribution in [0.4, 0.5) is 11.4 Å². The minimum Gasteiger partial charge on any atom is -0.493 e. The van der Waals surface area contributed by atoms with Crippen LogP contribution in [-0.4, -0.2) is 40.3 Å². The topological polar surface area (TPSA) is 95.1 Å². The fourth-order valence-electron chi connectivity index (χ4n) is 7.15. The highest BCUT2D eigenvalue weighted by Gasteiger charge is 2.63. The van der Waals surface area contributed by atoms with Crippen LogP contribution in [0.1, 0.15) is 38.5 Å². The minimum atomic E-state index is -0.549. The molecule has 0 aliphatic heterocycles. The van der Waals surface area contributed by atoms with Gasteiger partial charge in [0.2, 0.25) is 11.8 Å². The van der Waals surface area contributed by atoms with E-state index in [-0.39, 0.29) is 11.8 Å². The number of benzene rings is 2. The van der Waals surface area contributed by atoms with E-state index in [1.165, 1.54) is 0 Å². The van der Waals surface area contributed by atoms with Crippen molar-refractivity contribution in [2.24, 2.45) is 22.7 Å². The zero-order chi connectivity index (χ0) is 25.5. The van der Waals surface area contributed by atoms with Crippen molar-refractivity contribution >= 4 is 23.2 Å². The molecular formula is C28H34N2O6. The lowest BCUT2D eigenvalue weighted by molar-refractivity contribution is -0.161. The van der Waals surface area contributed by atoms with Crippen LogP contribution in [0.15, 0.2) is 36.4 Å². The maximum Gasteiger partial charge on any atom is 0.230 e. The van der Waals surface area contributed by atoms with Crippen molar-refractivity contribution in [2.45, 2.75) is 38.5 Å². The quantitative estimate of drug-likeness (QED) is 0.543. The first-order chi connectivity index (χ1) is 17.3. The largest absolute Gasteiger partial charge is 0.493 e. The predicted molar refractivity (Wildman–Crippen MR) is 136 cm³/mol. The summed E-state index contributed by atoms with van der Waals surface area (Å²) in [7, 11) is 6.31. The van der Waals surface area contributed by atoms with Gasteiger partial charge in [-0.3, -0.25) is 9.59 Å². The number of anilines is 2. The third-order valence-corrected chi connectivity index (χ3v) is 8.31. The molecule has 192 valence electrons. The molecule has 0 saturated heterocycles. The number of carbonyl (C=O) groups excluding carboxylic acids is 2. The molecule has 8 heteroatoms. The highest BCUT2D eigenvalue weighted by atomic mass is 16.5. The molecule has 8 nitrogen and oxygen atoms in total. The van der Waals surface area contributed by atoms with Gasteiger partial charge in [0.15, 0.2) is 23.0 Å². The first-order valence-electron chi connectivity index (χ1n) is 12.4. The average molecular weight is 495 g/mol. The van der Waals surface area contributed by atoms with E-state index in [2.05, 4.69) is 10.6 Å². The summed E-state index contributed by atoms with van der Waals surface area (Å²) in [4.78, 5) is 27.5. The molecule has 0 spiro atoms. The van der Waals surface area contributed by atoms with Gasteiger partial charge in [-0.25, -0.2) is 0 Å². The highest BCUT2D eigenvalue weighted by molar-refractivity contribution is 5.99. The van der Waals surface area contributed by atoms with E-state index in [0.29, 0.717) is 52.6 Å². The second kappa shape index (κ2) is 9.22. The van der Waals surface area contributed by atoms with Gasteiger partial charge < -0.3 is 29.6 Å². The van der Waals surface area contributed by atoms with Gasteiger partial charge in [0.1, 0.15) is 0 Å². The van der Waals surface area contributed by atoms with Crippen LogP contribution in [0.25, 0.3) is 0 Å². The number of rotatable bonds is 8. The highest BCUT2D eigenvalue weighted by Crippen LogP contribution is 2.65. The Morgan fingerprint density at radius 3 is 1.42 bits per heavy atom. The van der Waals surface area contributed by atoms with E-state index in [1.54, 1.807) is 52.7 Å². The molecule has 0 aromatic heterocycles. The normalized spacial score (nSPS) is 27.8. The summed E-state index contributed by atoms with van der Waals surface area (Å²) in [6.07, 6.45) is 4.96. The summed E-state index contributed by atoms with van der Waals surface area (Å²) in [6, 6.07) is 10.8. The third-order valence-electron chi connectivity index (χ3n) is 8.31. The van der Waals surface area contributed by atoms with Crippen molar-refractivity contribution in [3.63, 3.8) is 0 Å². The van der Waals surface area contributed by atoms with Gasteiger partial charge in [0.25, 0.3) is 0 Å². The average Bonchev–Trinajstić information content (AvgIpc) is 2.87. The van der Waals surface area contributed by atoms with E-state index < -0.39 is 10.8 Å². The number of methoxy groups -OCH3 is 4. The molecule has 6 rings (SSSR count). The van der Waals surface area contributed by atoms with Crippen molar-refractivity contribution < 1.29 is 28.5 Å². The van der Waals surface area contributed by atoms with Crippen LogP contribution >= 0.6 is 0 Å². The van der Waals surface area contributed by atoms with Crippen LogP contribution in [0.2, 0.25) is 0 Å². The molecule has 36 heavy (non-hydrogen) atoms. The summed E-state index contributed by atoms with van der Waals surface area (Å²) in [5, 5.41) is 6.24. The van der Waals surface area contributed by atoms with E-state index in [9.17, 15) is 9.59 Å². The van der Waals surface area contributed by atoms with Gasteiger partial charge in [-0.15, -0.1) is 0 Å². The number of nitrogens with one attached hydrogen (secondary N) is 2. The first kappa shape index (κ1) is 24.3. The Bertz CT molecular complexity index is 1080. The Kier molecular flexibility index (Phi) is 6.22. The lowest BCUT2D eigenvalue weighted by Crippen LogP contribution is -2.59. The van der Waals surface area contributed by atoms with Gasteiger partial charge in [0.05, 0.1) is 39.3 Å². The maximum absolute atomic E-state index is 13.8. The second-order valence-electron chi connectivity index (χ2n) is 10.6. The molecule has 0 atom stereocenters. The Hall–Kier alpha value is -3.42. The number of hydrogen-bond donors (Lipinski definition) is 2. The van der Waals surface area contributed by atoms with E-state index >= 15 is 0 Å². The Morgan fingerprint density at radius 2 is 1.06 bits per heavy atom. The molecule has 0 radical (unpaired) electrons. The van der Waals surface area contributed by atoms with Gasteiger partial charge >= 0.3 is 0 Å². The minimum absolute atomic E-state index is 0.00730. The van der Waals surface area contributed by atoms with Crippen LogP contribution in [0, 0.1) is 22.7 Å². The molecule has 2 N–H and O–H groups in total. The monoisotopic (exact) mass is 494 g/mol. The summed E-state index contributed by atoms with van der Waals surface area (Å²) < 4.78 is 21.4. The van der Waals surface area contributed by atoms with E-state index in [0.717, 1.165) is 32.1 Å². The lowest BCUT2D eigenvalue weighted by Gasteiger charge is -2.60. The summed E-state index contributed by atoms with van der Waals surface area (Å²) >= 11 is 0. The molecular weight excluding hydrogens is 460 g/mol. The molecule has 2 amide bonds. The van der Waals surface area contributed by atoms with Crippen LogP contribution < -0.4 is 29.6 Å². The summed E-state index contributed by atoms with van der Waals surface area (Å²) in [5.41, 5.74) is 0.229. The maximum atomic E-state index is 13.8. The van der Waals surface area contributed by atoms with Crippen LogP contribution in [0.3, 0.4) is 0 Å². The van der Waals surface area contributed by atoms with Gasteiger partial charge in [-0.2, -0.15) is 0 Å². The number of hydrogen-bond acceptors (Lipinski definition) is 6. The zero-order valence-electron chi connectivity index (χ0n) is 21.3. The number of carbonyl (C=O) groups is 2. The molecule has 4 bridgehead atoms. The zero-order valence-corrected chi connectivity index (χ0v) is 21.3. The van der Waals surface area contributed by atoms with Crippen molar-refractivity contribution in [2.75, 3.05) is 39.1 Å². The van der Waals surface area contributed by atoms with Crippen LogP contribution in [-0.2, 0) is 9.59 Å². The Balaban J connectivity index is 1.37. The molecule has 2 aromatic carbocycles. The Labute approximate surface area is 211 Å². The second-order valence-corrected chi connectivity index (χ2v) is 10.6. The number of ether oxygens (including phenoxy) is 4. The smallest absolute Gasteiger partial charge is 0.230 e. The molecule has 0 unspecified atom stereocenters. The first-order valence-corrected chi connectivity index (χ1v) is 12.4. The fraction of sp³-hybridized carbons (Fsp3) is 0.500. The predicted octanol–water partition coefficient (Wildman–Crippen LogP) is 4.88. The van der Waals surface area contributed by atoms with Crippen molar-refractivity contribution in [1.82, 2.24) is 0 Å². The van der Waals surface area contributed by atoms with Crippen molar-refractivity contribution in [1.29, 1.82) is 0 Å². The fourth-order valence-corrected chi connectivity index (χ4v) is 7.15. The molecule has 4 aliphatic rings. The Morgan fingerprint density at radius 1 is 0.667 bits per heavy atom. The molecule has 2 aromatic rings.